The molecule has 1 atom stereocenters. The summed E-state index contributed by atoms with van der Waals surface area (Å²) in [4.78, 5) is -1.37. The fourth-order valence-corrected chi connectivity index (χ4v) is 2.30. The van der Waals surface area contributed by atoms with Crippen molar-refractivity contribution in [3.8, 4) is 0 Å². The van der Waals surface area contributed by atoms with E-state index in [4.69, 9.17) is 5.73 Å². The van der Waals surface area contributed by atoms with E-state index < -0.39 is 63.4 Å². The molecule has 1 aromatic rings. The van der Waals surface area contributed by atoms with Gasteiger partial charge in [0.2, 0.25) is 0 Å². The van der Waals surface area contributed by atoms with Crippen LogP contribution in [0.2, 0.25) is 0 Å². The number of benzene rings is 1. The number of hydrogen-bond acceptors (Lipinski definition) is 2. The highest BCUT2D eigenvalue weighted by Crippen LogP contribution is 2.58. The lowest BCUT2D eigenvalue weighted by Gasteiger charge is -2.36. The highest BCUT2D eigenvalue weighted by Gasteiger charge is 2.81. The van der Waals surface area contributed by atoms with Gasteiger partial charge in [0.25, 0.3) is 0 Å². The number of halogens is 12. The molecular formula is C11H5F12NS. The molecule has 2 N–H and O–H groups in total. The topological polar surface area (TPSA) is 26.0 Å². The van der Waals surface area contributed by atoms with Gasteiger partial charge in [-0.2, -0.15) is 48.3 Å². The Bertz CT molecular complexity index is 631. The standard InChI is InChI=1S/C11H5F12NS/c12-7(9(15,16)17,8(13,14)10(18,19)20)4-1-2-5(24)6(3-4)25-11(21,22)23/h1-3H,24H2. The third kappa shape index (κ3) is 3.87. The van der Waals surface area contributed by atoms with E-state index in [1.807, 2.05) is 0 Å². The highest BCUT2D eigenvalue weighted by molar-refractivity contribution is 8.00. The van der Waals surface area contributed by atoms with Gasteiger partial charge in [-0.3, -0.25) is 0 Å². The maximum Gasteiger partial charge on any atom is 0.457 e. The summed E-state index contributed by atoms with van der Waals surface area (Å²) in [6.07, 6.45) is -13.8. The molecule has 0 saturated carbocycles. The zero-order valence-electron chi connectivity index (χ0n) is 11.3. The average Bonchev–Trinajstić information content (AvgIpc) is 2.36. The predicted molar refractivity (Wildman–Crippen MR) is 62.6 cm³/mol. The summed E-state index contributed by atoms with van der Waals surface area (Å²) in [6.45, 7) is 0. The van der Waals surface area contributed by atoms with Crippen molar-refractivity contribution in [1.29, 1.82) is 0 Å². The summed E-state index contributed by atoms with van der Waals surface area (Å²) < 4.78 is 153. The number of nitrogens with two attached hydrogens (primary N) is 1. The Morgan fingerprint density at radius 1 is 0.720 bits per heavy atom. The van der Waals surface area contributed by atoms with Crippen molar-refractivity contribution in [2.24, 2.45) is 0 Å². The van der Waals surface area contributed by atoms with Crippen LogP contribution >= 0.6 is 11.8 Å². The number of hydrogen-bond donors (Lipinski definition) is 1. The first-order valence-electron chi connectivity index (χ1n) is 5.70. The van der Waals surface area contributed by atoms with Gasteiger partial charge in [0.1, 0.15) is 0 Å². The van der Waals surface area contributed by atoms with Crippen molar-refractivity contribution in [3.05, 3.63) is 23.8 Å². The number of anilines is 1. The van der Waals surface area contributed by atoms with Gasteiger partial charge in [0.05, 0.1) is 0 Å². The van der Waals surface area contributed by atoms with Crippen LogP contribution in [0, 0.1) is 0 Å². The van der Waals surface area contributed by atoms with Gasteiger partial charge in [-0.05, 0) is 23.9 Å². The van der Waals surface area contributed by atoms with Gasteiger partial charge < -0.3 is 5.73 Å². The molecule has 0 bridgehead atoms. The van der Waals surface area contributed by atoms with E-state index in [1.165, 1.54) is 0 Å². The smallest absolute Gasteiger partial charge is 0.398 e. The van der Waals surface area contributed by atoms with Crippen LogP contribution < -0.4 is 5.73 Å². The van der Waals surface area contributed by atoms with E-state index in [2.05, 4.69) is 0 Å². The summed E-state index contributed by atoms with van der Waals surface area (Å²) in [7, 11) is 0. The van der Waals surface area contributed by atoms with Gasteiger partial charge in [-0.15, -0.1) is 0 Å². The van der Waals surface area contributed by atoms with Crippen LogP contribution in [0.5, 0.6) is 0 Å². The highest BCUT2D eigenvalue weighted by atomic mass is 32.2. The van der Waals surface area contributed by atoms with Crippen molar-refractivity contribution in [2.75, 3.05) is 5.73 Å². The third-order valence-electron chi connectivity index (χ3n) is 2.82. The second-order valence-electron chi connectivity index (χ2n) is 4.53. The van der Waals surface area contributed by atoms with Crippen LogP contribution in [0.1, 0.15) is 5.56 Å². The maximum absolute atomic E-state index is 14.1. The Labute approximate surface area is 135 Å². The van der Waals surface area contributed by atoms with Gasteiger partial charge in [-0.25, -0.2) is 4.39 Å². The van der Waals surface area contributed by atoms with Crippen LogP contribution in [0.15, 0.2) is 23.1 Å². The Kier molecular flexibility index (Phi) is 5.22. The lowest BCUT2D eigenvalue weighted by atomic mass is 9.87. The van der Waals surface area contributed by atoms with E-state index >= 15 is 0 Å². The molecule has 1 aromatic carbocycles. The minimum atomic E-state index is -6.98. The van der Waals surface area contributed by atoms with E-state index in [0.717, 1.165) is 0 Å². The molecule has 0 saturated heterocycles. The molecule has 14 heteroatoms. The van der Waals surface area contributed by atoms with Crippen molar-refractivity contribution in [3.63, 3.8) is 0 Å². The van der Waals surface area contributed by atoms with Gasteiger partial charge in [0.15, 0.2) is 0 Å². The number of rotatable bonds is 3. The van der Waals surface area contributed by atoms with Crippen LogP contribution in [-0.2, 0) is 5.67 Å². The van der Waals surface area contributed by atoms with Crippen LogP contribution in [0.25, 0.3) is 0 Å². The zero-order chi connectivity index (χ0) is 20.1. The lowest BCUT2D eigenvalue weighted by Crippen LogP contribution is -2.59. The van der Waals surface area contributed by atoms with Crippen molar-refractivity contribution in [2.45, 2.75) is 34.3 Å². The summed E-state index contributed by atoms with van der Waals surface area (Å²) in [5.41, 5.74) is -9.76. The lowest BCUT2D eigenvalue weighted by molar-refractivity contribution is -0.389. The molecule has 0 spiro atoms. The molecule has 25 heavy (non-hydrogen) atoms. The monoisotopic (exact) mass is 411 g/mol. The van der Waals surface area contributed by atoms with Crippen LogP contribution in [-0.4, -0.2) is 23.8 Å². The van der Waals surface area contributed by atoms with Gasteiger partial charge in [0, 0.05) is 16.1 Å². The summed E-state index contributed by atoms with van der Waals surface area (Å²) in [5.74, 6) is -6.98. The molecule has 1 nitrogen and oxygen atoms in total. The number of nitrogen functional groups attached to an aromatic ring is 1. The first kappa shape index (κ1) is 21.6. The number of alkyl halides is 12. The molecule has 0 aliphatic heterocycles. The quantitative estimate of drug-likeness (QED) is 0.386. The molecule has 144 valence electrons. The summed E-state index contributed by atoms with van der Waals surface area (Å²) >= 11 is -1.20. The SMILES string of the molecule is Nc1ccc(C(F)(C(F)(F)F)C(F)(F)C(F)(F)F)cc1SC(F)(F)F. The van der Waals surface area contributed by atoms with E-state index in [1.54, 1.807) is 0 Å². The molecule has 0 aromatic heterocycles. The molecule has 0 radical (unpaired) electrons. The minimum Gasteiger partial charge on any atom is -0.398 e. The average molecular weight is 411 g/mol. The van der Waals surface area contributed by atoms with Crippen molar-refractivity contribution in [1.82, 2.24) is 0 Å². The van der Waals surface area contributed by atoms with E-state index in [9.17, 15) is 52.7 Å². The van der Waals surface area contributed by atoms with Gasteiger partial charge >= 0.3 is 29.5 Å². The van der Waals surface area contributed by atoms with E-state index in [-0.39, 0.29) is 12.1 Å². The fraction of sp³-hybridized carbons (Fsp3) is 0.455. The van der Waals surface area contributed by atoms with Crippen LogP contribution in [0.3, 0.4) is 0 Å². The maximum atomic E-state index is 14.1. The van der Waals surface area contributed by atoms with Crippen molar-refractivity contribution >= 4 is 17.4 Å². The predicted octanol–water partition coefficient (Wildman–Crippen LogP) is 5.81. The second kappa shape index (κ2) is 6.06. The Morgan fingerprint density at radius 2 is 1.20 bits per heavy atom. The van der Waals surface area contributed by atoms with Crippen molar-refractivity contribution < 1.29 is 52.7 Å². The summed E-state index contributed by atoms with van der Waals surface area (Å²) in [5, 5.41) is 0. The minimum absolute atomic E-state index is 0.163. The fourth-order valence-electron chi connectivity index (χ4n) is 1.68. The first-order chi connectivity index (χ1) is 10.8. The van der Waals surface area contributed by atoms with Gasteiger partial charge in [-0.1, -0.05) is 6.07 Å². The molecule has 1 rings (SSSR count). The molecule has 0 amide bonds. The second-order valence-corrected chi connectivity index (χ2v) is 5.64. The Hall–Kier alpha value is -1.47. The van der Waals surface area contributed by atoms with E-state index in [0.29, 0.717) is 0 Å². The largest absolute Gasteiger partial charge is 0.457 e. The molecule has 0 aliphatic rings. The van der Waals surface area contributed by atoms with Crippen LogP contribution in [0.4, 0.5) is 58.4 Å². The molecule has 0 heterocycles. The Balaban J connectivity index is 3.68. The molecule has 0 aliphatic carbocycles. The number of thioether (sulfide) groups is 1. The zero-order valence-corrected chi connectivity index (χ0v) is 12.1. The Morgan fingerprint density at radius 3 is 1.56 bits per heavy atom. The third-order valence-corrected chi connectivity index (χ3v) is 3.62. The molecule has 0 fully saturated rings. The first-order valence-corrected chi connectivity index (χ1v) is 6.52. The normalized spacial score (nSPS) is 16.6. The molecular weight excluding hydrogens is 406 g/mol. The summed E-state index contributed by atoms with van der Waals surface area (Å²) in [6, 6.07) is -0.473. The molecule has 1 unspecified atom stereocenters.